The Morgan fingerprint density at radius 2 is 1.67 bits per heavy atom. The molecule has 1 aromatic carbocycles. The summed E-state index contributed by atoms with van der Waals surface area (Å²) in [5.74, 6) is 0.779. The summed E-state index contributed by atoms with van der Waals surface area (Å²) in [5.41, 5.74) is 1.16. The zero-order chi connectivity index (χ0) is 13.0. The Hall–Kier alpha value is -1.26. The Bertz CT molecular complexity index is 354. The van der Waals surface area contributed by atoms with Crippen LogP contribution in [0.1, 0.15) is 12.8 Å². The second kappa shape index (κ2) is 6.07. The van der Waals surface area contributed by atoms with Crippen molar-refractivity contribution in [1.82, 2.24) is 0 Å². The lowest BCUT2D eigenvalue weighted by Crippen LogP contribution is -2.39. The zero-order valence-electron chi connectivity index (χ0n) is 11.0. The number of rotatable bonds is 4. The first-order chi connectivity index (χ1) is 8.74. The number of anilines is 1. The van der Waals surface area contributed by atoms with Crippen LogP contribution in [0.4, 0.5) is 5.69 Å². The van der Waals surface area contributed by atoms with Gasteiger partial charge in [0.05, 0.1) is 0 Å². The molecule has 100 valence electrons. The van der Waals surface area contributed by atoms with Crippen LogP contribution in [0.5, 0.6) is 5.75 Å². The van der Waals surface area contributed by atoms with Gasteiger partial charge < -0.3 is 19.5 Å². The normalized spacial score (nSPS) is 17.4. The second-order valence-electron chi connectivity index (χ2n) is 4.68. The van der Waals surface area contributed by atoms with E-state index in [1.165, 1.54) is 0 Å². The lowest BCUT2D eigenvalue weighted by molar-refractivity contribution is -0.141. The molecule has 0 bridgehead atoms. The highest BCUT2D eigenvalue weighted by Gasteiger charge is 2.26. The van der Waals surface area contributed by atoms with Gasteiger partial charge in [0.1, 0.15) is 5.75 Å². The fourth-order valence-corrected chi connectivity index (χ4v) is 2.57. The molecule has 0 aliphatic carbocycles. The van der Waals surface area contributed by atoms with Crippen LogP contribution in [0.25, 0.3) is 0 Å². The van der Waals surface area contributed by atoms with Crippen LogP contribution in [0.3, 0.4) is 0 Å². The summed E-state index contributed by atoms with van der Waals surface area (Å²) >= 11 is 0. The molecule has 0 amide bonds. The Labute approximate surface area is 108 Å². The number of hydrogen-bond donors (Lipinski definition) is 1. The van der Waals surface area contributed by atoms with Gasteiger partial charge >= 0.3 is 0 Å². The third-order valence-corrected chi connectivity index (χ3v) is 3.60. The number of ether oxygens (including phenoxy) is 2. The van der Waals surface area contributed by atoms with Crippen molar-refractivity contribution in [2.24, 2.45) is 5.92 Å². The highest BCUT2D eigenvalue weighted by Crippen LogP contribution is 2.27. The third kappa shape index (κ3) is 2.94. The molecule has 4 nitrogen and oxygen atoms in total. The third-order valence-electron chi connectivity index (χ3n) is 3.60. The van der Waals surface area contributed by atoms with Crippen molar-refractivity contribution in [3.8, 4) is 5.75 Å². The SMILES string of the molecule is COC(OC)C1CCN(c2ccc(O)cc2)CC1. The number of methoxy groups -OCH3 is 2. The minimum atomic E-state index is -0.0908. The Balaban J connectivity index is 1.92. The van der Waals surface area contributed by atoms with Crippen LogP contribution in [0.2, 0.25) is 0 Å². The summed E-state index contributed by atoms with van der Waals surface area (Å²) in [7, 11) is 3.39. The molecule has 2 rings (SSSR count). The number of phenols is 1. The number of hydrogen-bond acceptors (Lipinski definition) is 4. The molecular formula is C14H21NO3. The molecule has 1 aliphatic heterocycles. The van der Waals surface area contributed by atoms with Crippen molar-refractivity contribution in [2.75, 3.05) is 32.2 Å². The smallest absolute Gasteiger partial charge is 0.159 e. The van der Waals surface area contributed by atoms with Gasteiger partial charge in [-0.25, -0.2) is 0 Å². The maximum Gasteiger partial charge on any atom is 0.159 e. The van der Waals surface area contributed by atoms with E-state index in [1.54, 1.807) is 26.4 Å². The van der Waals surface area contributed by atoms with Crippen LogP contribution in [0.15, 0.2) is 24.3 Å². The summed E-state index contributed by atoms with van der Waals surface area (Å²) in [5, 5.41) is 9.28. The number of phenolic OH excluding ortho intramolecular Hbond substituents is 1. The van der Waals surface area contributed by atoms with Crippen molar-refractivity contribution >= 4 is 5.69 Å². The lowest BCUT2D eigenvalue weighted by atomic mass is 9.95. The van der Waals surface area contributed by atoms with Crippen LogP contribution in [0, 0.1) is 5.92 Å². The fraction of sp³-hybridized carbons (Fsp3) is 0.571. The van der Waals surface area contributed by atoms with Gasteiger partial charge in [0.25, 0.3) is 0 Å². The summed E-state index contributed by atoms with van der Waals surface area (Å²) in [4.78, 5) is 2.33. The zero-order valence-corrected chi connectivity index (χ0v) is 11.0. The van der Waals surface area contributed by atoms with Crippen molar-refractivity contribution < 1.29 is 14.6 Å². The molecule has 18 heavy (non-hydrogen) atoms. The van der Waals surface area contributed by atoms with E-state index in [4.69, 9.17) is 9.47 Å². The van der Waals surface area contributed by atoms with Gasteiger partial charge in [0, 0.05) is 38.9 Å². The van der Waals surface area contributed by atoms with E-state index in [1.807, 2.05) is 12.1 Å². The topological polar surface area (TPSA) is 41.9 Å². The molecule has 0 spiro atoms. The van der Waals surface area contributed by atoms with E-state index in [2.05, 4.69) is 4.90 Å². The van der Waals surface area contributed by atoms with E-state index in [-0.39, 0.29) is 6.29 Å². The predicted molar refractivity (Wildman–Crippen MR) is 70.8 cm³/mol. The van der Waals surface area contributed by atoms with Crippen molar-refractivity contribution in [3.63, 3.8) is 0 Å². The first-order valence-electron chi connectivity index (χ1n) is 6.34. The van der Waals surface area contributed by atoms with Crippen molar-refractivity contribution in [1.29, 1.82) is 0 Å². The molecule has 1 aromatic rings. The van der Waals surface area contributed by atoms with Gasteiger partial charge in [-0.3, -0.25) is 0 Å². The van der Waals surface area contributed by atoms with E-state index in [0.717, 1.165) is 31.6 Å². The monoisotopic (exact) mass is 251 g/mol. The summed E-state index contributed by atoms with van der Waals surface area (Å²) in [6, 6.07) is 7.38. The van der Waals surface area contributed by atoms with Crippen LogP contribution in [-0.2, 0) is 9.47 Å². The molecule has 0 radical (unpaired) electrons. The number of aromatic hydroxyl groups is 1. The summed E-state index contributed by atoms with van der Waals surface area (Å²) in [6.07, 6.45) is 2.03. The largest absolute Gasteiger partial charge is 0.508 e. The van der Waals surface area contributed by atoms with Gasteiger partial charge in [-0.1, -0.05) is 0 Å². The van der Waals surface area contributed by atoms with Crippen LogP contribution in [-0.4, -0.2) is 38.7 Å². The van der Waals surface area contributed by atoms with Crippen molar-refractivity contribution in [3.05, 3.63) is 24.3 Å². The Morgan fingerprint density at radius 3 is 2.17 bits per heavy atom. The maximum absolute atomic E-state index is 9.28. The highest BCUT2D eigenvalue weighted by molar-refractivity contribution is 5.49. The summed E-state index contributed by atoms with van der Waals surface area (Å²) < 4.78 is 10.6. The average Bonchev–Trinajstić information content (AvgIpc) is 2.42. The number of benzene rings is 1. The number of nitrogens with zero attached hydrogens (tertiary/aromatic N) is 1. The molecule has 0 aromatic heterocycles. The quantitative estimate of drug-likeness (QED) is 0.833. The second-order valence-corrected chi connectivity index (χ2v) is 4.68. The van der Waals surface area contributed by atoms with E-state index < -0.39 is 0 Å². The summed E-state index contributed by atoms with van der Waals surface area (Å²) in [6.45, 7) is 2.00. The lowest BCUT2D eigenvalue weighted by Gasteiger charge is -2.36. The van der Waals surface area contributed by atoms with Gasteiger partial charge in [-0.15, -0.1) is 0 Å². The van der Waals surface area contributed by atoms with Gasteiger partial charge in [-0.2, -0.15) is 0 Å². The molecule has 1 aliphatic rings. The average molecular weight is 251 g/mol. The Morgan fingerprint density at radius 1 is 1.11 bits per heavy atom. The van der Waals surface area contributed by atoms with Gasteiger partial charge in [0.15, 0.2) is 6.29 Å². The van der Waals surface area contributed by atoms with Gasteiger partial charge in [-0.05, 0) is 37.1 Å². The molecule has 1 heterocycles. The van der Waals surface area contributed by atoms with Crippen LogP contribution >= 0.6 is 0 Å². The first-order valence-corrected chi connectivity index (χ1v) is 6.34. The minimum Gasteiger partial charge on any atom is -0.508 e. The Kier molecular flexibility index (Phi) is 4.44. The molecule has 1 saturated heterocycles. The molecule has 0 saturated carbocycles. The van der Waals surface area contributed by atoms with Crippen LogP contribution < -0.4 is 4.90 Å². The molecule has 0 atom stereocenters. The fourth-order valence-electron chi connectivity index (χ4n) is 2.57. The highest BCUT2D eigenvalue weighted by atomic mass is 16.7. The number of piperidine rings is 1. The van der Waals surface area contributed by atoms with E-state index in [0.29, 0.717) is 11.7 Å². The maximum atomic E-state index is 9.28. The minimum absolute atomic E-state index is 0.0908. The van der Waals surface area contributed by atoms with E-state index in [9.17, 15) is 5.11 Å². The molecule has 0 unspecified atom stereocenters. The first kappa shape index (κ1) is 13.2. The molecular weight excluding hydrogens is 230 g/mol. The predicted octanol–water partition coefficient (Wildman–Crippen LogP) is 2.23. The van der Waals surface area contributed by atoms with Gasteiger partial charge in [0.2, 0.25) is 0 Å². The molecule has 1 fully saturated rings. The molecule has 4 heteroatoms. The standard InChI is InChI=1S/C14H21NO3/c1-17-14(18-2)11-7-9-15(10-8-11)12-3-5-13(16)6-4-12/h3-6,11,14,16H,7-10H2,1-2H3. The molecule has 1 N–H and O–H groups in total. The van der Waals surface area contributed by atoms with Crippen molar-refractivity contribution in [2.45, 2.75) is 19.1 Å². The van der Waals surface area contributed by atoms with E-state index >= 15 is 0 Å².